The van der Waals surface area contributed by atoms with Crippen LogP contribution in [0.25, 0.3) is 34.4 Å². The molecule has 0 aliphatic heterocycles. The topological polar surface area (TPSA) is 58.2 Å². The Kier molecular flexibility index (Phi) is 12.7. The summed E-state index contributed by atoms with van der Waals surface area (Å²) in [6, 6.07) is 30.4. The van der Waals surface area contributed by atoms with Crippen molar-refractivity contribution < 1.29 is 25.5 Å². The van der Waals surface area contributed by atoms with Gasteiger partial charge in [0.15, 0.2) is 0 Å². The molecule has 4 nitrogen and oxygen atoms in total. The molecule has 4 aromatic rings. The molecule has 8 heteroatoms. The number of carbonyl (C=O) groups is 2. The molecule has 0 spiro atoms. The molecule has 0 saturated carbocycles. The van der Waals surface area contributed by atoms with Gasteiger partial charge in [0.05, 0.1) is 0 Å². The fraction of sp³-hybridized carbons (Fsp3) is 0.348. The molecule has 2 aliphatic carbocycles. The first-order chi connectivity index (χ1) is 26.0. The number of allylic oxidation sites excluding steroid dienone is 2. The molecule has 0 aromatic heterocycles. The van der Waals surface area contributed by atoms with Gasteiger partial charge in [0.25, 0.3) is 0 Å². The van der Waals surface area contributed by atoms with Gasteiger partial charge in [-0.15, -0.1) is 0 Å². The van der Waals surface area contributed by atoms with E-state index < -0.39 is 20.5 Å². The number of unbranched alkanes of at least 4 members (excludes halogenated alkanes) is 2. The van der Waals surface area contributed by atoms with Crippen LogP contribution in [0.5, 0.6) is 0 Å². The Bertz CT molecular complexity index is 1950. The molecule has 2 atom stereocenters. The molecule has 2 N–H and O–H groups in total. The van der Waals surface area contributed by atoms with E-state index in [0.717, 1.165) is 71.9 Å². The second-order valence-corrected chi connectivity index (χ2v) is 46.3. The number of benzene rings is 4. The molecular formula is C46H54BCl2HfN2O2. The minimum absolute atomic E-state index is 0.332. The van der Waals surface area contributed by atoms with Gasteiger partial charge in [0, 0.05) is 0 Å². The van der Waals surface area contributed by atoms with E-state index in [9.17, 15) is 9.59 Å². The Balaban J connectivity index is 1.68. The van der Waals surface area contributed by atoms with Gasteiger partial charge in [-0.1, -0.05) is 0 Å². The van der Waals surface area contributed by atoms with E-state index in [2.05, 4.69) is 149 Å². The van der Waals surface area contributed by atoms with E-state index in [1.165, 1.54) is 33.4 Å². The van der Waals surface area contributed by atoms with Gasteiger partial charge < -0.3 is 0 Å². The quantitative estimate of drug-likeness (QED) is 0.0819. The number of nitrogens with one attached hydrogen (secondary N) is 2. The van der Waals surface area contributed by atoms with Crippen LogP contribution in [-0.4, -0.2) is 17.4 Å². The van der Waals surface area contributed by atoms with Crippen LogP contribution in [0, 0.1) is 0 Å². The molecule has 2 amide bonds. The maximum atomic E-state index is 12.6. The van der Waals surface area contributed by atoms with Gasteiger partial charge in [-0.05, 0) is 0 Å². The van der Waals surface area contributed by atoms with Crippen LogP contribution in [0.2, 0.25) is 0 Å². The van der Waals surface area contributed by atoms with E-state index in [-0.39, 0.29) is 7.35 Å². The first-order valence-corrected chi connectivity index (χ1v) is 35.0. The number of fused-ring (bicyclic) bond motifs is 2. The van der Waals surface area contributed by atoms with Crippen molar-refractivity contribution in [2.24, 2.45) is 0 Å². The van der Waals surface area contributed by atoms with Crippen molar-refractivity contribution >= 4 is 46.7 Å². The van der Waals surface area contributed by atoms with Crippen molar-refractivity contribution in [2.45, 2.75) is 99.3 Å². The fourth-order valence-electron chi connectivity index (χ4n) is 9.39. The van der Waals surface area contributed by atoms with E-state index in [0.29, 0.717) is 24.7 Å². The molecule has 0 heterocycles. The Morgan fingerprint density at radius 2 is 1.00 bits per heavy atom. The van der Waals surface area contributed by atoms with Crippen LogP contribution in [0.15, 0.2) is 96.1 Å². The molecular weight excluding hydrogens is 873 g/mol. The Morgan fingerprint density at radius 3 is 1.37 bits per heavy atom. The molecule has 0 radical (unpaired) electrons. The normalized spacial score (nSPS) is 17.0. The van der Waals surface area contributed by atoms with Crippen LogP contribution >= 0.6 is 17.2 Å². The predicted octanol–water partition coefficient (Wildman–Crippen LogP) is 12.7. The van der Waals surface area contributed by atoms with Crippen molar-refractivity contribution in [1.82, 2.24) is 10.5 Å². The summed E-state index contributed by atoms with van der Waals surface area (Å²) < 4.78 is -1.66. The predicted molar refractivity (Wildman–Crippen MR) is 228 cm³/mol. The van der Waals surface area contributed by atoms with Gasteiger partial charge >= 0.3 is 334 Å². The van der Waals surface area contributed by atoms with Gasteiger partial charge in [-0.2, -0.15) is 0 Å². The van der Waals surface area contributed by atoms with Gasteiger partial charge in [0.2, 0.25) is 0 Å². The number of amides is 2. The van der Waals surface area contributed by atoms with Crippen molar-refractivity contribution in [3.63, 3.8) is 0 Å². The zero-order valence-electron chi connectivity index (χ0n) is 32.6. The van der Waals surface area contributed by atoms with Crippen LogP contribution < -0.4 is 10.5 Å². The summed E-state index contributed by atoms with van der Waals surface area (Å²) >= 11 is -6.06. The van der Waals surface area contributed by atoms with Crippen molar-refractivity contribution in [3.05, 3.63) is 129 Å². The second kappa shape index (κ2) is 16.9. The number of halogens is 2. The van der Waals surface area contributed by atoms with Gasteiger partial charge in [-0.25, -0.2) is 0 Å². The molecule has 0 saturated heterocycles. The Hall–Kier alpha value is -3.18. The molecule has 2 unspecified atom stereocenters. The Morgan fingerprint density at radius 1 is 0.611 bits per heavy atom. The number of hydrogen-bond acceptors (Lipinski definition) is 2. The average Bonchev–Trinajstić information content (AvgIpc) is 3.76. The van der Waals surface area contributed by atoms with Gasteiger partial charge in [-0.3, -0.25) is 0 Å². The van der Waals surface area contributed by atoms with E-state index >= 15 is 0 Å². The monoisotopic (exact) mass is 927 g/mol. The summed E-state index contributed by atoms with van der Waals surface area (Å²) in [7, 11) is 17.5. The fourth-order valence-corrected chi connectivity index (χ4v) is 39.1. The summed E-state index contributed by atoms with van der Waals surface area (Å²) in [4.78, 5) is 25.2. The summed E-state index contributed by atoms with van der Waals surface area (Å²) in [5.41, 5.74) is 14.1. The third-order valence-electron chi connectivity index (χ3n) is 11.8. The minimum atomic E-state index is -6.06. The number of hydrogen-bond donors (Lipinski definition) is 2. The van der Waals surface area contributed by atoms with E-state index in [1.54, 1.807) is 0 Å². The SMILES string of the molecule is CCCCC1=Cc2c(-c3ccccc3C(C)C)cccc2[CH]1[Hf]([Cl])([Cl])([B](NC=O)NC=O)[CH]1C(CCCC)=Cc2c(-c3ccccc3C(C)C)cccc21. The summed E-state index contributed by atoms with van der Waals surface area (Å²) in [5, 5.41) is 6.06. The average molecular weight is 927 g/mol. The molecule has 2 aliphatic rings. The number of rotatable bonds is 17. The molecule has 54 heavy (non-hydrogen) atoms. The third-order valence-corrected chi connectivity index (χ3v) is 40.5. The second-order valence-electron chi connectivity index (χ2n) is 15.8. The standard InChI is InChI=1S/2C22H25.C2H3BN2O2.2ClH.Hf/c2*1-4-5-9-17-14-18-10-8-13-21(22(18)15-17)20-12-7-6-11-19(20)16(2)3;6-1-4-3-5-2-7;;;/h2*6-8,10-16H,4-5,9H2,1-3H3;1-2H,(H-,4,5,6,7);2*1H;/q;;;;;+1/p-1. The zero-order chi connectivity index (χ0) is 38.6. The van der Waals surface area contributed by atoms with E-state index in [4.69, 9.17) is 17.2 Å². The Labute approximate surface area is 331 Å². The summed E-state index contributed by atoms with van der Waals surface area (Å²) in [5.74, 6) is 0.664. The molecule has 4 aromatic carbocycles. The van der Waals surface area contributed by atoms with Crippen LogP contribution in [0.3, 0.4) is 0 Å². The van der Waals surface area contributed by atoms with Crippen molar-refractivity contribution in [2.75, 3.05) is 0 Å². The van der Waals surface area contributed by atoms with Crippen LogP contribution in [-0.2, 0) is 25.5 Å². The maximum absolute atomic E-state index is 12.6. The van der Waals surface area contributed by atoms with Crippen LogP contribution in [0.4, 0.5) is 0 Å². The molecule has 0 fully saturated rings. The van der Waals surface area contributed by atoms with Gasteiger partial charge in [0.1, 0.15) is 0 Å². The molecule has 0 bridgehead atoms. The zero-order valence-corrected chi connectivity index (χ0v) is 37.7. The molecule has 281 valence electrons. The van der Waals surface area contributed by atoms with Crippen molar-refractivity contribution in [3.8, 4) is 22.3 Å². The van der Waals surface area contributed by atoms with Crippen LogP contribution in [0.1, 0.15) is 133 Å². The summed E-state index contributed by atoms with van der Waals surface area (Å²) in [6.45, 7) is 13.3. The summed E-state index contributed by atoms with van der Waals surface area (Å²) in [6.07, 6.45) is 11.6. The molecule has 6 rings (SSSR count). The third kappa shape index (κ3) is 7.16. The van der Waals surface area contributed by atoms with E-state index in [1.807, 2.05) is 0 Å². The first-order valence-electron chi connectivity index (χ1n) is 19.8. The van der Waals surface area contributed by atoms with Crippen molar-refractivity contribution in [1.29, 1.82) is 0 Å². The first kappa shape index (κ1) is 40.5. The number of carbonyl (C=O) groups excluding carboxylic acids is 2.